The molecule has 0 aromatic carbocycles. The smallest absolute Gasteiger partial charge is 0.0575 e. The van der Waals surface area contributed by atoms with Gasteiger partial charge in [-0.1, -0.05) is 34.6 Å². The Morgan fingerprint density at radius 1 is 1.29 bits per heavy atom. The minimum absolute atomic E-state index is 0.252. The molecular formula is C12H21NS. The van der Waals surface area contributed by atoms with E-state index >= 15 is 0 Å². The molecule has 1 nitrogen and oxygen atoms in total. The fourth-order valence-electron chi connectivity index (χ4n) is 1.54. The molecule has 0 unspecified atom stereocenters. The van der Waals surface area contributed by atoms with Gasteiger partial charge in [0.15, 0.2) is 0 Å². The van der Waals surface area contributed by atoms with Gasteiger partial charge in [-0.2, -0.15) is 4.37 Å². The molecule has 0 bridgehead atoms. The van der Waals surface area contributed by atoms with Gasteiger partial charge in [-0.25, -0.2) is 0 Å². The van der Waals surface area contributed by atoms with Crippen molar-refractivity contribution in [3.63, 3.8) is 0 Å². The molecule has 0 atom stereocenters. The van der Waals surface area contributed by atoms with Gasteiger partial charge >= 0.3 is 0 Å². The van der Waals surface area contributed by atoms with E-state index in [1.165, 1.54) is 23.4 Å². The quantitative estimate of drug-likeness (QED) is 0.724. The molecule has 1 rings (SSSR count). The van der Waals surface area contributed by atoms with Crippen molar-refractivity contribution in [2.45, 2.75) is 58.8 Å². The standard InChI is InChI=1S/C12H21NS/c1-6-9(7-2)10-8-11(14-13-10)12(3,4)5/h8-9H,6-7H2,1-5H3. The predicted molar refractivity (Wildman–Crippen MR) is 64.1 cm³/mol. The highest BCUT2D eigenvalue weighted by atomic mass is 32.1. The Morgan fingerprint density at radius 2 is 1.86 bits per heavy atom. The predicted octanol–water partition coefficient (Wildman–Crippen LogP) is 4.34. The van der Waals surface area contributed by atoms with E-state index in [1.807, 2.05) is 0 Å². The van der Waals surface area contributed by atoms with Crippen LogP contribution in [0.1, 0.15) is 63.9 Å². The van der Waals surface area contributed by atoms with Crippen LogP contribution in [0.3, 0.4) is 0 Å². The summed E-state index contributed by atoms with van der Waals surface area (Å²) in [5.74, 6) is 0.655. The Morgan fingerprint density at radius 3 is 2.21 bits per heavy atom. The fraction of sp³-hybridized carbons (Fsp3) is 0.750. The van der Waals surface area contributed by atoms with Crippen molar-refractivity contribution in [1.29, 1.82) is 0 Å². The molecule has 1 heterocycles. The maximum Gasteiger partial charge on any atom is 0.0575 e. The molecule has 14 heavy (non-hydrogen) atoms. The highest BCUT2D eigenvalue weighted by molar-refractivity contribution is 7.06. The summed E-state index contributed by atoms with van der Waals surface area (Å²) in [5.41, 5.74) is 1.55. The van der Waals surface area contributed by atoms with Crippen molar-refractivity contribution in [2.75, 3.05) is 0 Å². The molecule has 0 N–H and O–H groups in total. The first-order valence-corrected chi connectivity index (χ1v) is 6.23. The number of aromatic nitrogens is 1. The van der Waals surface area contributed by atoms with Gasteiger partial charge in [0.05, 0.1) is 5.69 Å². The second kappa shape index (κ2) is 4.43. The van der Waals surface area contributed by atoms with Crippen LogP contribution in [0.4, 0.5) is 0 Å². The lowest BCUT2D eigenvalue weighted by atomic mass is 9.92. The molecule has 0 fully saturated rings. The Bertz CT molecular complexity index is 279. The van der Waals surface area contributed by atoms with E-state index in [9.17, 15) is 0 Å². The first-order valence-electron chi connectivity index (χ1n) is 5.46. The van der Waals surface area contributed by atoms with Crippen LogP contribution in [-0.2, 0) is 5.41 Å². The van der Waals surface area contributed by atoms with Gasteiger partial charge in [0.2, 0.25) is 0 Å². The summed E-state index contributed by atoms with van der Waals surface area (Å²) >= 11 is 1.67. The summed E-state index contributed by atoms with van der Waals surface area (Å²) in [5, 5.41) is 0. The zero-order valence-electron chi connectivity index (χ0n) is 9.92. The van der Waals surface area contributed by atoms with Crippen molar-refractivity contribution >= 4 is 11.5 Å². The topological polar surface area (TPSA) is 12.9 Å². The maximum absolute atomic E-state index is 4.57. The second-order valence-corrected chi connectivity index (χ2v) is 5.68. The molecule has 0 aliphatic heterocycles. The molecule has 0 saturated carbocycles. The van der Waals surface area contributed by atoms with Gasteiger partial charge < -0.3 is 0 Å². The van der Waals surface area contributed by atoms with Crippen molar-refractivity contribution in [3.05, 3.63) is 16.6 Å². The van der Waals surface area contributed by atoms with Gasteiger partial charge in [-0.15, -0.1) is 0 Å². The lowest BCUT2D eigenvalue weighted by molar-refractivity contribution is 0.598. The van der Waals surface area contributed by atoms with E-state index in [-0.39, 0.29) is 5.41 Å². The van der Waals surface area contributed by atoms with Gasteiger partial charge in [0, 0.05) is 10.8 Å². The third-order valence-corrected chi connectivity index (χ3v) is 3.90. The lowest BCUT2D eigenvalue weighted by Gasteiger charge is -2.14. The third-order valence-electron chi connectivity index (χ3n) is 2.67. The normalized spacial score (nSPS) is 12.4. The molecule has 0 radical (unpaired) electrons. The highest BCUT2D eigenvalue weighted by Gasteiger charge is 2.19. The van der Waals surface area contributed by atoms with Crippen LogP contribution >= 0.6 is 11.5 Å². The zero-order valence-corrected chi connectivity index (χ0v) is 10.7. The maximum atomic E-state index is 4.57. The third kappa shape index (κ3) is 2.57. The number of hydrogen-bond acceptors (Lipinski definition) is 2. The second-order valence-electron chi connectivity index (χ2n) is 4.88. The molecule has 0 amide bonds. The molecule has 80 valence electrons. The van der Waals surface area contributed by atoms with Crippen LogP contribution in [-0.4, -0.2) is 4.37 Å². The molecule has 2 heteroatoms. The Labute approximate surface area is 91.7 Å². The number of hydrogen-bond donors (Lipinski definition) is 0. The zero-order chi connectivity index (χ0) is 10.8. The molecule has 1 aromatic rings. The monoisotopic (exact) mass is 211 g/mol. The first kappa shape index (κ1) is 11.7. The average Bonchev–Trinajstić information content (AvgIpc) is 2.54. The van der Waals surface area contributed by atoms with Crippen LogP contribution in [0.15, 0.2) is 6.07 Å². The van der Waals surface area contributed by atoms with E-state index < -0.39 is 0 Å². The van der Waals surface area contributed by atoms with Gasteiger partial charge in [-0.3, -0.25) is 0 Å². The van der Waals surface area contributed by atoms with Gasteiger partial charge in [-0.05, 0) is 35.9 Å². The van der Waals surface area contributed by atoms with E-state index in [1.54, 1.807) is 11.5 Å². The van der Waals surface area contributed by atoms with Gasteiger partial charge in [0.25, 0.3) is 0 Å². The summed E-state index contributed by atoms with van der Waals surface area (Å²) in [6.07, 6.45) is 2.40. The molecular weight excluding hydrogens is 190 g/mol. The lowest BCUT2D eigenvalue weighted by Crippen LogP contribution is -2.08. The molecule has 0 spiro atoms. The van der Waals surface area contributed by atoms with Crippen LogP contribution in [0.5, 0.6) is 0 Å². The largest absolute Gasteiger partial charge is 0.197 e. The van der Waals surface area contributed by atoms with E-state index in [0.717, 1.165) is 0 Å². The van der Waals surface area contributed by atoms with E-state index in [0.29, 0.717) is 5.92 Å². The van der Waals surface area contributed by atoms with Crippen LogP contribution in [0.2, 0.25) is 0 Å². The first-order chi connectivity index (χ1) is 6.49. The van der Waals surface area contributed by atoms with E-state index in [2.05, 4.69) is 45.1 Å². The van der Waals surface area contributed by atoms with Crippen molar-refractivity contribution in [3.8, 4) is 0 Å². The summed E-state index contributed by atoms with van der Waals surface area (Å²) in [4.78, 5) is 1.40. The van der Waals surface area contributed by atoms with Crippen LogP contribution in [0.25, 0.3) is 0 Å². The summed E-state index contributed by atoms with van der Waals surface area (Å²) in [7, 11) is 0. The van der Waals surface area contributed by atoms with Crippen molar-refractivity contribution in [1.82, 2.24) is 4.37 Å². The summed E-state index contributed by atoms with van der Waals surface area (Å²) in [6, 6.07) is 2.29. The van der Waals surface area contributed by atoms with Crippen molar-refractivity contribution in [2.24, 2.45) is 0 Å². The molecule has 0 aliphatic carbocycles. The Kier molecular flexibility index (Phi) is 3.71. The average molecular weight is 211 g/mol. The Hall–Kier alpha value is -0.370. The highest BCUT2D eigenvalue weighted by Crippen LogP contribution is 2.31. The van der Waals surface area contributed by atoms with Crippen molar-refractivity contribution < 1.29 is 0 Å². The minimum Gasteiger partial charge on any atom is -0.197 e. The molecule has 0 saturated heterocycles. The number of rotatable bonds is 3. The summed E-state index contributed by atoms with van der Waals surface area (Å²) < 4.78 is 4.57. The van der Waals surface area contributed by atoms with E-state index in [4.69, 9.17) is 0 Å². The molecule has 0 aliphatic rings. The van der Waals surface area contributed by atoms with Crippen LogP contribution < -0.4 is 0 Å². The Balaban J connectivity index is 2.87. The van der Waals surface area contributed by atoms with Crippen LogP contribution in [0, 0.1) is 0 Å². The SMILES string of the molecule is CCC(CC)c1cc(C(C)(C)C)sn1. The molecule has 1 aromatic heterocycles. The summed E-state index contributed by atoms with van der Waals surface area (Å²) in [6.45, 7) is 11.2. The minimum atomic E-state index is 0.252. The van der Waals surface area contributed by atoms with Gasteiger partial charge in [0.1, 0.15) is 0 Å². The number of nitrogens with zero attached hydrogens (tertiary/aromatic N) is 1. The fourth-order valence-corrected chi connectivity index (χ4v) is 2.39.